The molecular weight excluding hydrogens is 715 g/mol. The first-order chi connectivity index (χ1) is 29.0. The second kappa shape index (κ2) is 14.8. The van der Waals surface area contributed by atoms with Crippen LogP contribution < -0.4 is 10.2 Å². The molecule has 0 fully saturated rings. The lowest BCUT2D eigenvalue weighted by molar-refractivity contribution is 0.660. The van der Waals surface area contributed by atoms with E-state index in [1.807, 2.05) is 36.4 Å². The van der Waals surface area contributed by atoms with Crippen LogP contribution in [0.2, 0.25) is 0 Å². The van der Waals surface area contributed by atoms with Crippen molar-refractivity contribution in [1.29, 1.82) is 5.41 Å². The fourth-order valence-electron chi connectivity index (χ4n) is 9.02. The molecule has 0 amide bonds. The van der Waals surface area contributed by atoms with Crippen molar-refractivity contribution in [2.24, 2.45) is 0 Å². The zero-order valence-corrected chi connectivity index (χ0v) is 33.2. The van der Waals surface area contributed by atoms with Crippen molar-refractivity contribution in [2.45, 2.75) is 19.3 Å². The Bertz CT molecular complexity index is 2920. The van der Waals surface area contributed by atoms with Crippen LogP contribution in [0.5, 0.6) is 0 Å². The molecule has 0 saturated carbocycles. The normalized spacial score (nSPS) is 14.2. The molecule has 10 rings (SSSR count). The van der Waals surface area contributed by atoms with Crippen molar-refractivity contribution in [2.75, 3.05) is 4.90 Å². The Kier molecular flexibility index (Phi) is 8.99. The molecule has 0 radical (unpaired) electrons. The largest absolute Gasteiger partial charge is 0.354 e. The van der Waals surface area contributed by atoms with Crippen molar-refractivity contribution in [3.8, 4) is 22.3 Å². The Morgan fingerprint density at radius 1 is 0.492 bits per heavy atom. The highest BCUT2D eigenvalue weighted by Crippen LogP contribution is 2.55. The highest BCUT2D eigenvalue weighted by Gasteiger charge is 2.38. The third kappa shape index (κ3) is 6.29. The Morgan fingerprint density at radius 2 is 1.03 bits per heavy atom. The van der Waals surface area contributed by atoms with Gasteiger partial charge < -0.3 is 10.2 Å². The zero-order valence-electron chi connectivity index (χ0n) is 33.2. The van der Waals surface area contributed by atoms with E-state index >= 15 is 0 Å². The van der Waals surface area contributed by atoms with Crippen LogP contribution in [0.15, 0.2) is 206 Å². The summed E-state index contributed by atoms with van der Waals surface area (Å²) >= 11 is 0. The number of anilines is 3. The number of hydrogen-bond donors (Lipinski definition) is 2. The summed E-state index contributed by atoms with van der Waals surface area (Å²) in [5.41, 5.74) is 18.7. The van der Waals surface area contributed by atoms with E-state index in [4.69, 9.17) is 0 Å². The van der Waals surface area contributed by atoms with Crippen LogP contribution in [0.4, 0.5) is 17.1 Å². The lowest BCUT2D eigenvalue weighted by Gasteiger charge is -2.33. The molecule has 282 valence electrons. The first-order valence-corrected chi connectivity index (χ1v) is 20.3. The quantitative estimate of drug-likeness (QED) is 0.152. The third-order valence-electron chi connectivity index (χ3n) is 11.9. The standard InChI is InChI=1S/C56H43N3/c1-56(2)47-32-16-15-30-45(47)53-48(56)33-19-35-51(53)59(43-29-17-28-42(36-43)38-20-7-3-8-21-38)50-34-18-31-44-46(50)37-49(39-22-9-4-10-23-39)58-55(44)52(40-24-11-5-12-25-40)54(57)41-26-13-6-14-27-41/h3-37,57-58H,1-2H3/b55-52-,57-54?. The molecule has 1 aliphatic carbocycles. The van der Waals surface area contributed by atoms with Gasteiger partial charge in [0.25, 0.3) is 0 Å². The van der Waals surface area contributed by atoms with E-state index in [1.54, 1.807) is 0 Å². The van der Waals surface area contributed by atoms with Crippen molar-refractivity contribution in [1.82, 2.24) is 5.32 Å². The van der Waals surface area contributed by atoms with Gasteiger partial charge in [-0.2, -0.15) is 0 Å². The minimum atomic E-state index is -0.168. The number of nitrogens with one attached hydrogen (secondary N) is 2. The van der Waals surface area contributed by atoms with E-state index < -0.39 is 0 Å². The lowest BCUT2D eigenvalue weighted by atomic mass is 9.82. The Hall–Kier alpha value is -7.49. The van der Waals surface area contributed by atoms with Crippen LogP contribution in [0, 0.1) is 5.41 Å². The fraction of sp³-hybridized carbons (Fsp3) is 0.0536. The minimum absolute atomic E-state index is 0.168. The second-order valence-electron chi connectivity index (χ2n) is 15.8. The molecule has 3 heteroatoms. The molecular formula is C56H43N3. The molecule has 3 nitrogen and oxygen atoms in total. The first-order valence-electron chi connectivity index (χ1n) is 20.3. The summed E-state index contributed by atoms with van der Waals surface area (Å²) in [4.78, 5) is 2.47. The molecule has 2 aliphatic rings. The molecule has 1 aliphatic heterocycles. The van der Waals surface area contributed by atoms with Crippen LogP contribution in [0.1, 0.15) is 52.8 Å². The number of fused-ring (bicyclic) bond motifs is 4. The highest BCUT2D eigenvalue weighted by molar-refractivity contribution is 6.36. The maximum Gasteiger partial charge on any atom is 0.0711 e. The molecule has 0 saturated heterocycles. The molecule has 8 aromatic rings. The Morgan fingerprint density at radius 3 is 1.76 bits per heavy atom. The van der Waals surface area contributed by atoms with Crippen LogP contribution in [-0.4, -0.2) is 5.71 Å². The molecule has 0 atom stereocenters. The Labute approximate surface area is 346 Å². The monoisotopic (exact) mass is 757 g/mol. The van der Waals surface area contributed by atoms with Gasteiger partial charge in [0.05, 0.1) is 22.8 Å². The van der Waals surface area contributed by atoms with Crippen molar-refractivity contribution in [3.05, 3.63) is 245 Å². The molecule has 8 aromatic carbocycles. The number of hydrogen-bond acceptors (Lipinski definition) is 3. The van der Waals surface area contributed by atoms with Gasteiger partial charge in [0.2, 0.25) is 0 Å². The number of nitrogens with zero attached hydrogens (tertiary/aromatic N) is 1. The van der Waals surface area contributed by atoms with Crippen molar-refractivity contribution < 1.29 is 0 Å². The predicted molar refractivity (Wildman–Crippen MR) is 248 cm³/mol. The van der Waals surface area contributed by atoms with Crippen LogP contribution in [0.3, 0.4) is 0 Å². The summed E-state index contributed by atoms with van der Waals surface area (Å²) in [5, 5.41) is 13.7. The maximum absolute atomic E-state index is 9.85. The lowest BCUT2D eigenvalue weighted by Crippen LogP contribution is -2.22. The molecule has 0 spiro atoms. The van der Waals surface area contributed by atoms with Gasteiger partial charge in [-0.05, 0) is 69.3 Å². The molecule has 0 unspecified atom stereocenters. The number of benzene rings is 8. The van der Waals surface area contributed by atoms with Crippen molar-refractivity contribution in [3.63, 3.8) is 0 Å². The van der Waals surface area contributed by atoms with Crippen LogP contribution in [0.25, 0.3) is 45.3 Å². The molecule has 2 N–H and O–H groups in total. The highest BCUT2D eigenvalue weighted by atomic mass is 15.1. The molecule has 59 heavy (non-hydrogen) atoms. The molecule has 1 heterocycles. The van der Waals surface area contributed by atoms with Gasteiger partial charge in [-0.15, -0.1) is 0 Å². The van der Waals surface area contributed by atoms with Gasteiger partial charge >= 0.3 is 0 Å². The second-order valence-corrected chi connectivity index (χ2v) is 15.8. The van der Waals surface area contributed by atoms with E-state index in [1.165, 1.54) is 27.8 Å². The van der Waals surface area contributed by atoms with Crippen LogP contribution >= 0.6 is 0 Å². The van der Waals surface area contributed by atoms with Gasteiger partial charge in [0.15, 0.2) is 0 Å². The summed E-state index contributed by atoms with van der Waals surface area (Å²) in [5.74, 6) is 0. The first kappa shape index (κ1) is 35.9. The van der Waals surface area contributed by atoms with Gasteiger partial charge in [-0.3, -0.25) is 5.41 Å². The Balaban J connectivity index is 1.29. The summed E-state index contributed by atoms with van der Waals surface area (Å²) in [7, 11) is 0. The topological polar surface area (TPSA) is 39.1 Å². The van der Waals surface area contributed by atoms with Crippen molar-refractivity contribution >= 4 is 45.8 Å². The summed E-state index contributed by atoms with van der Waals surface area (Å²) in [6.07, 6.45) is 2.30. The zero-order chi connectivity index (χ0) is 39.9. The minimum Gasteiger partial charge on any atom is -0.354 e. The van der Waals surface area contributed by atoms with E-state index in [0.717, 1.165) is 67.4 Å². The van der Waals surface area contributed by atoms with Gasteiger partial charge in [-0.1, -0.05) is 196 Å². The number of allylic oxidation sites excluding steroid dienone is 1. The van der Waals surface area contributed by atoms with Crippen LogP contribution in [-0.2, 0) is 5.41 Å². The molecule has 0 bridgehead atoms. The van der Waals surface area contributed by atoms with E-state index in [0.29, 0.717) is 5.71 Å². The summed E-state index contributed by atoms with van der Waals surface area (Å²) in [6, 6.07) is 72.8. The average molecular weight is 758 g/mol. The average Bonchev–Trinajstić information content (AvgIpc) is 3.54. The number of rotatable bonds is 8. The van der Waals surface area contributed by atoms with Gasteiger partial charge in [-0.25, -0.2) is 0 Å². The predicted octanol–water partition coefficient (Wildman–Crippen LogP) is 14.2. The summed E-state index contributed by atoms with van der Waals surface area (Å²) in [6.45, 7) is 4.69. The maximum atomic E-state index is 9.85. The fourth-order valence-corrected chi connectivity index (χ4v) is 9.02. The molecule has 0 aromatic heterocycles. The van der Waals surface area contributed by atoms with Gasteiger partial charge in [0.1, 0.15) is 0 Å². The summed E-state index contributed by atoms with van der Waals surface area (Å²) < 4.78 is 0. The van der Waals surface area contributed by atoms with E-state index in [2.05, 4.69) is 200 Å². The smallest absolute Gasteiger partial charge is 0.0711 e. The third-order valence-corrected chi connectivity index (χ3v) is 11.9. The van der Waals surface area contributed by atoms with E-state index in [-0.39, 0.29) is 5.41 Å². The SMILES string of the molecule is CC1(C)c2ccccc2-c2c(N(c3cccc(-c4ccccc4)c3)c3cccc4c3C=C(c3ccccc3)N/C4=C(\C(=N)c3ccccc3)c3ccccc3)cccc21. The van der Waals surface area contributed by atoms with Gasteiger partial charge in [0, 0.05) is 44.6 Å². The van der Waals surface area contributed by atoms with E-state index in [9.17, 15) is 5.41 Å².